The predicted octanol–water partition coefficient (Wildman–Crippen LogP) is 1.86. The maximum atomic E-state index is 12.8. The summed E-state index contributed by atoms with van der Waals surface area (Å²) in [7, 11) is 2.07. The van der Waals surface area contributed by atoms with Crippen molar-refractivity contribution in [3.8, 4) is 0 Å². The number of benzene rings is 1. The number of nitrogens with zero attached hydrogens (tertiary/aromatic N) is 1. The van der Waals surface area contributed by atoms with Crippen LogP contribution in [0, 0.1) is 6.92 Å². The molecule has 1 aliphatic heterocycles. The van der Waals surface area contributed by atoms with Gasteiger partial charge in [-0.15, -0.1) is 0 Å². The lowest BCUT2D eigenvalue weighted by atomic mass is 9.93. The van der Waals surface area contributed by atoms with Crippen LogP contribution in [0.5, 0.6) is 0 Å². The minimum Gasteiger partial charge on any atom is -0.375 e. The van der Waals surface area contributed by atoms with E-state index in [1.807, 2.05) is 6.92 Å². The van der Waals surface area contributed by atoms with E-state index in [1.165, 1.54) is 5.56 Å². The van der Waals surface area contributed by atoms with Crippen molar-refractivity contribution in [2.24, 2.45) is 0 Å². The molecule has 3 rings (SSSR count). The molecule has 2 fully saturated rings. The molecule has 0 bridgehead atoms. The van der Waals surface area contributed by atoms with Crippen LogP contribution in [-0.2, 0) is 14.9 Å². The number of nitrogens with one attached hydrogen (secondary N) is 1. The Kier molecular flexibility index (Phi) is 4.24. The van der Waals surface area contributed by atoms with Gasteiger partial charge in [-0.05, 0) is 39.3 Å². The van der Waals surface area contributed by atoms with Crippen molar-refractivity contribution in [1.82, 2.24) is 10.2 Å². The molecule has 1 saturated heterocycles. The molecule has 2 atom stereocenters. The van der Waals surface area contributed by atoms with Gasteiger partial charge in [-0.1, -0.05) is 29.8 Å². The van der Waals surface area contributed by atoms with Gasteiger partial charge in [0.25, 0.3) is 0 Å². The van der Waals surface area contributed by atoms with Gasteiger partial charge in [0.05, 0.1) is 17.6 Å². The number of carbonyl (C=O) groups is 1. The average Bonchev–Trinajstić information content (AvgIpc) is 3.22. The highest BCUT2D eigenvalue weighted by Crippen LogP contribution is 2.48. The van der Waals surface area contributed by atoms with E-state index in [-0.39, 0.29) is 23.5 Å². The molecule has 1 saturated carbocycles. The highest BCUT2D eigenvalue weighted by atomic mass is 16.5. The molecular weight excluding hydrogens is 276 g/mol. The molecule has 120 valence electrons. The van der Waals surface area contributed by atoms with Crippen LogP contribution in [0.1, 0.15) is 30.9 Å². The van der Waals surface area contributed by atoms with Crippen molar-refractivity contribution in [2.45, 2.75) is 44.2 Å². The molecule has 0 spiro atoms. The van der Waals surface area contributed by atoms with Crippen molar-refractivity contribution < 1.29 is 9.53 Å². The number of hydrogen-bond acceptors (Lipinski definition) is 3. The van der Waals surface area contributed by atoms with E-state index in [2.05, 4.69) is 48.5 Å². The molecule has 1 heterocycles. The largest absolute Gasteiger partial charge is 0.375 e. The fourth-order valence-electron chi connectivity index (χ4n) is 3.43. The fraction of sp³-hybridized carbons (Fsp3) is 0.611. The van der Waals surface area contributed by atoms with E-state index in [9.17, 15) is 4.79 Å². The number of rotatable bonds is 5. The summed E-state index contributed by atoms with van der Waals surface area (Å²) in [6.07, 6.45) is 2.00. The van der Waals surface area contributed by atoms with Gasteiger partial charge in [0.1, 0.15) is 0 Å². The lowest BCUT2D eigenvalue weighted by Gasteiger charge is -2.23. The first kappa shape index (κ1) is 15.5. The third-order valence-electron chi connectivity index (χ3n) is 4.93. The highest BCUT2D eigenvalue weighted by molar-refractivity contribution is 5.91. The highest BCUT2D eigenvalue weighted by Gasteiger charge is 2.52. The van der Waals surface area contributed by atoms with Gasteiger partial charge in [-0.25, -0.2) is 0 Å². The first-order valence-corrected chi connectivity index (χ1v) is 8.23. The number of likely N-dealkylation sites (tertiary alicyclic amines) is 1. The topological polar surface area (TPSA) is 41.6 Å². The minimum absolute atomic E-state index is 0.0976. The summed E-state index contributed by atoms with van der Waals surface area (Å²) in [4.78, 5) is 15.1. The van der Waals surface area contributed by atoms with Crippen molar-refractivity contribution in [1.29, 1.82) is 0 Å². The molecule has 22 heavy (non-hydrogen) atoms. The van der Waals surface area contributed by atoms with Crippen LogP contribution in [0.15, 0.2) is 24.3 Å². The Morgan fingerprint density at radius 2 is 2.00 bits per heavy atom. The summed E-state index contributed by atoms with van der Waals surface area (Å²) >= 11 is 0. The predicted molar refractivity (Wildman–Crippen MR) is 86.9 cm³/mol. The summed E-state index contributed by atoms with van der Waals surface area (Å²) in [6.45, 7) is 6.51. The molecule has 0 radical (unpaired) electrons. The molecule has 0 unspecified atom stereocenters. The summed E-state index contributed by atoms with van der Waals surface area (Å²) in [5.41, 5.74) is 2.08. The molecule has 0 aromatic heterocycles. The first-order valence-electron chi connectivity index (χ1n) is 8.23. The Bertz CT molecular complexity index is 537. The molecule has 1 N–H and O–H groups in total. The number of carbonyl (C=O) groups excluding carboxylic acids is 1. The molecule has 1 amide bonds. The normalized spacial score (nSPS) is 26.9. The fourth-order valence-corrected chi connectivity index (χ4v) is 3.43. The second kappa shape index (κ2) is 6.01. The number of likely N-dealkylation sites (N-methyl/N-ethyl adjacent to an activating group) is 1. The zero-order valence-electron chi connectivity index (χ0n) is 13.8. The van der Waals surface area contributed by atoms with Crippen LogP contribution in [0.4, 0.5) is 0 Å². The van der Waals surface area contributed by atoms with E-state index in [0.29, 0.717) is 6.61 Å². The minimum atomic E-state index is -0.300. The van der Waals surface area contributed by atoms with Gasteiger partial charge in [0, 0.05) is 19.7 Å². The van der Waals surface area contributed by atoms with Crippen LogP contribution in [0.3, 0.4) is 0 Å². The van der Waals surface area contributed by atoms with Gasteiger partial charge in [0.15, 0.2) is 0 Å². The Morgan fingerprint density at radius 1 is 1.32 bits per heavy atom. The van der Waals surface area contributed by atoms with Gasteiger partial charge in [-0.2, -0.15) is 0 Å². The summed E-state index contributed by atoms with van der Waals surface area (Å²) in [6, 6.07) is 8.48. The van der Waals surface area contributed by atoms with Crippen molar-refractivity contribution in [2.75, 3.05) is 26.7 Å². The zero-order valence-corrected chi connectivity index (χ0v) is 13.8. The lowest BCUT2D eigenvalue weighted by molar-refractivity contribution is -0.125. The van der Waals surface area contributed by atoms with E-state index in [4.69, 9.17) is 4.74 Å². The smallest absolute Gasteiger partial charge is 0.231 e. The van der Waals surface area contributed by atoms with Crippen LogP contribution >= 0.6 is 0 Å². The third kappa shape index (κ3) is 2.90. The van der Waals surface area contributed by atoms with Crippen LogP contribution in [-0.4, -0.2) is 49.7 Å². The summed E-state index contributed by atoms with van der Waals surface area (Å²) in [5.74, 6) is 0.168. The van der Waals surface area contributed by atoms with Gasteiger partial charge < -0.3 is 15.0 Å². The molecule has 4 heteroatoms. The molecule has 2 aliphatic rings. The van der Waals surface area contributed by atoms with Gasteiger partial charge in [-0.3, -0.25) is 4.79 Å². The first-order chi connectivity index (χ1) is 10.5. The monoisotopic (exact) mass is 302 g/mol. The number of amides is 1. The lowest BCUT2D eigenvalue weighted by Crippen LogP contribution is -2.47. The van der Waals surface area contributed by atoms with Crippen molar-refractivity contribution in [3.05, 3.63) is 35.4 Å². The van der Waals surface area contributed by atoms with E-state index < -0.39 is 0 Å². The average molecular weight is 302 g/mol. The van der Waals surface area contributed by atoms with Gasteiger partial charge in [0.2, 0.25) is 5.91 Å². The molecule has 1 aromatic rings. The second-order valence-corrected chi connectivity index (χ2v) is 6.74. The maximum absolute atomic E-state index is 12.8. The van der Waals surface area contributed by atoms with Crippen molar-refractivity contribution >= 4 is 5.91 Å². The number of aryl methyl sites for hydroxylation is 1. The van der Waals surface area contributed by atoms with E-state index in [1.54, 1.807) is 0 Å². The molecular formula is C18H26N2O2. The quantitative estimate of drug-likeness (QED) is 0.903. The number of hydrogen-bond donors (Lipinski definition) is 1. The third-order valence-corrected chi connectivity index (χ3v) is 4.93. The summed E-state index contributed by atoms with van der Waals surface area (Å²) in [5, 5.41) is 3.25. The Hall–Kier alpha value is -1.39. The second-order valence-electron chi connectivity index (χ2n) is 6.74. The Balaban J connectivity index is 1.70. The van der Waals surface area contributed by atoms with Gasteiger partial charge >= 0.3 is 0 Å². The Morgan fingerprint density at radius 3 is 2.59 bits per heavy atom. The number of ether oxygens (including phenoxy) is 1. The zero-order chi connectivity index (χ0) is 15.7. The standard InChI is InChI=1S/C18H26N2O2/c1-4-22-16-12-20(3)11-15(16)19-17(21)18(9-10-18)14-7-5-13(2)6-8-14/h5-8,15-16H,4,9-12H2,1-3H3,(H,19,21)/t15-,16-/m0/s1. The van der Waals surface area contributed by atoms with Crippen molar-refractivity contribution in [3.63, 3.8) is 0 Å². The SMILES string of the molecule is CCO[C@H]1CN(C)C[C@@H]1NC(=O)C1(c2ccc(C)cc2)CC1. The van der Waals surface area contributed by atoms with Crippen LogP contribution in [0.25, 0.3) is 0 Å². The molecule has 1 aromatic carbocycles. The van der Waals surface area contributed by atoms with Crippen LogP contribution in [0.2, 0.25) is 0 Å². The molecule has 1 aliphatic carbocycles. The van der Waals surface area contributed by atoms with E-state index >= 15 is 0 Å². The van der Waals surface area contributed by atoms with Crippen LogP contribution < -0.4 is 5.32 Å². The Labute approximate surface area is 132 Å². The summed E-state index contributed by atoms with van der Waals surface area (Å²) < 4.78 is 5.78. The van der Waals surface area contributed by atoms with E-state index in [0.717, 1.165) is 31.5 Å². The molecule has 4 nitrogen and oxygen atoms in total. The maximum Gasteiger partial charge on any atom is 0.231 e.